The highest BCUT2D eigenvalue weighted by molar-refractivity contribution is 5.89. The van der Waals surface area contributed by atoms with Gasteiger partial charge in [-0.1, -0.05) is 0 Å². The van der Waals surface area contributed by atoms with Gasteiger partial charge in [-0.05, 0) is 124 Å². The van der Waals surface area contributed by atoms with Crippen molar-refractivity contribution in [3.05, 3.63) is 0 Å². The van der Waals surface area contributed by atoms with E-state index in [1.807, 2.05) is 111 Å². The van der Waals surface area contributed by atoms with Crippen LogP contribution in [0.4, 0.5) is 0 Å². The first-order valence-corrected chi connectivity index (χ1v) is 22.7. The van der Waals surface area contributed by atoms with Gasteiger partial charge in [-0.15, -0.1) is 0 Å². The summed E-state index contributed by atoms with van der Waals surface area (Å²) in [7, 11) is 0. The number of carbonyl (C=O) groups is 4. The Morgan fingerprint density at radius 2 is 0.548 bits per heavy atom. The van der Waals surface area contributed by atoms with E-state index in [0.29, 0.717) is 12.8 Å². The molecule has 2 atom stereocenters. The third kappa shape index (κ3) is 10.3. The van der Waals surface area contributed by atoms with Gasteiger partial charge in [0.1, 0.15) is 24.4 Å². The maximum Gasteiger partial charge on any atom is 0.310 e. The Morgan fingerprint density at radius 3 is 0.774 bits per heavy atom. The predicted molar refractivity (Wildman–Crippen MR) is 227 cm³/mol. The number of carbonyl (C=O) groups excluding carboxylic acids is 4. The largest absolute Gasteiger partial charge is 0.462 e. The first-order valence-electron chi connectivity index (χ1n) is 22.7. The fraction of sp³-hybridized carbons (Fsp3) is 0.913. The molecule has 1 saturated carbocycles. The second-order valence-corrected chi connectivity index (χ2v) is 24.5. The number of esters is 4. The van der Waals surface area contributed by atoms with E-state index in [-0.39, 0.29) is 51.4 Å². The lowest BCUT2D eigenvalue weighted by Gasteiger charge is -2.52. The molecular weight excluding hydrogens is 801 g/mol. The van der Waals surface area contributed by atoms with Crippen molar-refractivity contribution in [2.24, 2.45) is 23.7 Å². The second kappa shape index (κ2) is 16.8. The molecule has 2 unspecified atom stereocenters. The van der Waals surface area contributed by atoms with Crippen LogP contribution in [0.15, 0.2) is 0 Å². The predicted octanol–water partition coefficient (Wildman–Crippen LogP) is 7.06. The Morgan fingerprint density at radius 1 is 0.355 bits per heavy atom. The zero-order valence-electron chi connectivity index (χ0n) is 40.5. The Kier molecular flexibility index (Phi) is 13.7. The molecule has 16 heteroatoms. The van der Waals surface area contributed by atoms with Crippen LogP contribution in [-0.4, -0.2) is 134 Å². The molecule has 356 valence electrons. The standard InChI is InChI=1S/C46H80N4O12/c1-39(2)19-28(20-40(3,4)47(39)55)59-35(51)27-17-32(36(52)60-29-21-41(5,6)48(56)42(7,8)22-29)34(38(54)62-31-25-45(13,14)50(58)46(15,16)26-31)33(18-27)37(53)61-30-23-43(9,10)49(57)44(11,12)24-30/h27-34,55-58H,17-26H2,1-16H3. The van der Waals surface area contributed by atoms with E-state index in [4.69, 9.17) is 18.9 Å². The minimum atomic E-state index is -1.40. The zero-order valence-corrected chi connectivity index (χ0v) is 40.5. The molecule has 1 aliphatic carbocycles. The Balaban J connectivity index is 1.54. The topological polar surface area (TPSA) is 199 Å². The van der Waals surface area contributed by atoms with Gasteiger partial charge >= 0.3 is 23.9 Å². The Bertz CT molecular complexity index is 1570. The molecule has 0 spiro atoms. The summed E-state index contributed by atoms with van der Waals surface area (Å²) in [5.74, 6) is -7.98. The van der Waals surface area contributed by atoms with E-state index >= 15 is 0 Å². The van der Waals surface area contributed by atoms with Crippen LogP contribution < -0.4 is 0 Å². The molecule has 62 heavy (non-hydrogen) atoms. The van der Waals surface area contributed by atoms with Crippen LogP contribution in [0, 0.1) is 23.7 Å². The molecule has 0 aromatic heterocycles. The normalized spacial score (nSPS) is 33.0. The second-order valence-electron chi connectivity index (χ2n) is 24.5. The highest BCUT2D eigenvalue weighted by Gasteiger charge is 2.57. The molecule has 0 aromatic carbocycles. The number of ether oxygens (including phenoxy) is 4. The maximum atomic E-state index is 14.9. The van der Waals surface area contributed by atoms with E-state index in [0.717, 1.165) is 0 Å². The van der Waals surface area contributed by atoms with Crippen molar-refractivity contribution < 1.29 is 59.0 Å². The summed E-state index contributed by atoms with van der Waals surface area (Å²) in [4.78, 5) is 59.0. The molecule has 4 saturated heterocycles. The average molecular weight is 881 g/mol. The van der Waals surface area contributed by atoms with E-state index in [1.165, 1.54) is 20.3 Å². The third-order valence-corrected chi connectivity index (χ3v) is 14.7. The summed E-state index contributed by atoms with van der Waals surface area (Å²) in [5.41, 5.74) is -6.07. The maximum absolute atomic E-state index is 14.9. The molecule has 4 heterocycles. The van der Waals surface area contributed by atoms with Gasteiger partial charge < -0.3 is 39.8 Å². The van der Waals surface area contributed by atoms with Crippen LogP contribution in [-0.2, 0) is 38.1 Å². The molecule has 0 bridgehead atoms. The van der Waals surface area contributed by atoms with Crippen molar-refractivity contribution >= 4 is 23.9 Å². The van der Waals surface area contributed by atoms with Gasteiger partial charge in [0.25, 0.3) is 0 Å². The van der Waals surface area contributed by atoms with E-state index in [2.05, 4.69) is 0 Å². The Labute approximate surface area is 369 Å². The summed E-state index contributed by atoms with van der Waals surface area (Å²) in [6.45, 7) is 29.6. The molecule has 0 aromatic rings. The summed E-state index contributed by atoms with van der Waals surface area (Å²) in [6.07, 6.45) is -0.558. The lowest BCUT2D eigenvalue weighted by atomic mass is 9.67. The molecule has 5 aliphatic rings. The van der Waals surface area contributed by atoms with Gasteiger partial charge in [-0.2, -0.15) is 20.3 Å². The van der Waals surface area contributed by atoms with Crippen LogP contribution in [0.5, 0.6) is 0 Å². The lowest BCUT2D eigenvalue weighted by Crippen LogP contribution is -2.62. The monoisotopic (exact) mass is 881 g/mol. The minimum absolute atomic E-state index is 0.159. The van der Waals surface area contributed by atoms with Crippen LogP contribution in [0.25, 0.3) is 0 Å². The first kappa shape index (κ1) is 50.6. The molecule has 0 radical (unpaired) electrons. The van der Waals surface area contributed by atoms with Crippen molar-refractivity contribution in [2.45, 2.75) is 244 Å². The average Bonchev–Trinajstić information content (AvgIpc) is 3.09. The van der Waals surface area contributed by atoms with Crippen LogP contribution in [0.2, 0.25) is 0 Å². The van der Waals surface area contributed by atoms with Crippen LogP contribution >= 0.6 is 0 Å². The summed E-state index contributed by atoms with van der Waals surface area (Å²) >= 11 is 0. The van der Waals surface area contributed by atoms with Gasteiger partial charge in [0.05, 0.1) is 23.7 Å². The molecule has 4 N–H and O–H groups in total. The van der Waals surface area contributed by atoms with Gasteiger partial charge in [-0.3, -0.25) is 19.2 Å². The molecule has 0 amide bonds. The fourth-order valence-corrected chi connectivity index (χ4v) is 12.3. The number of rotatable bonds is 8. The van der Waals surface area contributed by atoms with Crippen molar-refractivity contribution in [3.63, 3.8) is 0 Å². The summed E-state index contributed by atoms with van der Waals surface area (Å²) in [6, 6.07) is 0. The van der Waals surface area contributed by atoms with Crippen LogP contribution in [0.3, 0.4) is 0 Å². The smallest absolute Gasteiger partial charge is 0.310 e. The van der Waals surface area contributed by atoms with Crippen molar-refractivity contribution in [1.29, 1.82) is 0 Å². The molecule has 4 aliphatic heterocycles. The van der Waals surface area contributed by atoms with E-state index in [9.17, 15) is 40.0 Å². The highest BCUT2D eigenvalue weighted by atomic mass is 16.6. The lowest BCUT2D eigenvalue weighted by molar-refractivity contribution is -0.263. The number of nitrogens with zero attached hydrogens (tertiary/aromatic N) is 4. The molecule has 5 rings (SSSR count). The van der Waals surface area contributed by atoms with Crippen LogP contribution in [0.1, 0.15) is 175 Å². The van der Waals surface area contributed by atoms with Gasteiger partial charge in [-0.25, -0.2) is 0 Å². The minimum Gasteiger partial charge on any atom is -0.462 e. The Hall–Kier alpha value is -2.44. The third-order valence-electron chi connectivity index (χ3n) is 14.7. The fourth-order valence-electron chi connectivity index (χ4n) is 12.3. The van der Waals surface area contributed by atoms with Crippen molar-refractivity contribution in [1.82, 2.24) is 20.3 Å². The highest BCUT2D eigenvalue weighted by Crippen LogP contribution is 2.47. The van der Waals surface area contributed by atoms with Gasteiger partial charge in [0.2, 0.25) is 0 Å². The number of hydrogen-bond acceptors (Lipinski definition) is 16. The summed E-state index contributed by atoms with van der Waals surface area (Å²) in [5, 5.41) is 49.1. The van der Waals surface area contributed by atoms with Gasteiger partial charge in [0, 0.05) is 95.7 Å². The number of hydroxylamine groups is 8. The zero-order chi connectivity index (χ0) is 47.1. The van der Waals surface area contributed by atoms with E-state index in [1.54, 1.807) is 0 Å². The molecular formula is C46H80N4O12. The molecule has 16 nitrogen and oxygen atoms in total. The number of piperidine rings is 4. The van der Waals surface area contributed by atoms with Crippen molar-refractivity contribution in [3.8, 4) is 0 Å². The van der Waals surface area contributed by atoms with E-state index < -0.39 is 116 Å². The quantitative estimate of drug-likeness (QED) is 0.143. The SMILES string of the molecule is CC1(C)CC(OC(=O)C2CC(C(=O)OC3CC(C)(C)N(O)C(C)(C)C3)C(C(=O)OC3CC(C)(C)N(O)C(C)(C)C3)C(C(=O)OC3CC(C)(C)N(O)C(C)(C)C3)C2)CC(C)(C)N1O. The van der Waals surface area contributed by atoms with Gasteiger partial charge in [0.15, 0.2) is 0 Å². The number of hydrogen-bond donors (Lipinski definition) is 4. The molecule has 5 fully saturated rings. The summed E-state index contributed by atoms with van der Waals surface area (Å²) < 4.78 is 25.1. The first-order chi connectivity index (χ1) is 27.9. The van der Waals surface area contributed by atoms with Crippen molar-refractivity contribution in [2.75, 3.05) is 0 Å².